The van der Waals surface area contributed by atoms with Gasteiger partial charge in [0, 0.05) is 0 Å². The highest BCUT2D eigenvalue weighted by molar-refractivity contribution is 14.0. The first-order valence-electron chi connectivity index (χ1n) is 0.651. The SMILES string of the molecule is I.O=C(O)O. The summed E-state index contributed by atoms with van der Waals surface area (Å²) in [5, 5.41) is 13.9. The van der Waals surface area contributed by atoms with E-state index in [0.717, 1.165) is 0 Å². The maximum Gasteiger partial charge on any atom is 0.503 e. The molecule has 0 amide bonds. The van der Waals surface area contributed by atoms with Crippen molar-refractivity contribution in [3.8, 4) is 0 Å². The molecule has 0 fully saturated rings. The molecule has 0 aromatic rings. The van der Waals surface area contributed by atoms with Crippen LogP contribution in [0, 0.1) is 0 Å². The van der Waals surface area contributed by atoms with Gasteiger partial charge in [0.15, 0.2) is 0 Å². The Hall–Kier alpha value is 0. The van der Waals surface area contributed by atoms with E-state index < -0.39 is 6.16 Å². The van der Waals surface area contributed by atoms with Crippen LogP contribution < -0.4 is 0 Å². The third-order valence-corrected chi connectivity index (χ3v) is 0. The second kappa shape index (κ2) is 4.00. The fourth-order valence-electron chi connectivity index (χ4n) is 0. The van der Waals surface area contributed by atoms with E-state index in [1.54, 1.807) is 0 Å². The van der Waals surface area contributed by atoms with E-state index >= 15 is 0 Å². The molecule has 3 nitrogen and oxygen atoms in total. The minimum absolute atomic E-state index is 0. The van der Waals surface area contributed by atoms with Gasteiger partial charge in [-0.05, 0) is 0 Å². The predicted molar refractivity (Wildman–Crippen MR) is 26.1 cm³/mol. The molecule has 0 bridgehead atoms. The van der Waals surface area contributed by atoms with Crippen molar-refractivity contribution in [2.75, 3.05) is 0 Å². The third-order valence-electron chi connectivity index (χ3n) is 0. The van der Waals surface area contributed by atoms with Crippen LogP contribution in [-0.2, 0) is 0 Å². The van der Waals surface area contributed by atoms with E-state index in [-0.39, 0.29) is 24.0 Å². The average molecular weight is 190 g/mol. The number of hydrogen-bond acceptors (Lipinski definition) is 1. The van der Waals surface area contributed by atoms with Crippen LogP contribution in [0.5, 0.6) is 0 Å². The molecule has 32 valence electrons. The summed E-state index contributed by atoms with van der Waals surface area (Å²) in [7, 11) is 0. The molecule has 0 saturated heterocycles. The van der Waals surface area contributed by atoms with Gasteiger partial charge < -0.3 is 10.2 Å². The van der Waals surface area contributed by atoms with Gasteiger partial charge in [0.1, 0.15) is 0 Å². The number of carbonyl (C=O) groups is 1. The average Bonchev–Trinajstić information content (AvgIpc) is 0.811. The van der Waals surface area contributed by atoms with E-state index in [1.807, 2.05) is 0 Å². The molecular formula is CH3IO3. The van der Waals surface area contributed by atoms with Crippen LogP contribution in [0.15, 0.2) is 0 Å². The van der Waals surface area contributed by atoms with Gasteiger partial charge >= 0.3 is 6.16 Å². The van der Waals surface area contributed by atoms with E-state index in [1.165, 1.54) is 0 Å². The summed E-state index contributed by atoms with van der Waals surface area (Å²) >= 11 is 0. The molecule has 0 rings (SSSR count). The Morgan fingerprint density at radius 2 is 1.40 bits per heavy atom. The Labute approximate surface area is 45.6 Å². The van der Waals surface area contributed by atoms with Crippen LogP contribution in [0.3, 0.4) is 0 Å². The molecule has 0 unspecified atom stereocenters. The minimum Gasteiger partial charge on any atom is -0.450 e. The molecule has 5 heavy (non-hydrogen) atoms. The molecule has 0 aromatic carbocycles. The van der Waals surface area contributed by atoms with Gasteiger partial charge in [-0.1, -0.05) is 0 Å². The van der Waals surface area contributed by atoms with Gasteiger partial charge in [-0.3, -0.25) is 0 Å². The first-order chi connectivity index (χ1) is 1.73. The summed E-state index contributed by atoms with van der Waals surface area (Å²) in [5.41, 5.74) is 0. The topological polar surface area (TPSA) is 57.5 Å². The summed E-state index contributed by atoms with van der Waals surface area (Å²) in [4.78, 5) is 8.56. The lowest BCUT2D eigenvalue weighted by Crippen LogP contribution is -1.81. The lowest BCUT2D eigenvalue weighted by Gasteiger charge is -1.60. The molecule has 2 N–H and O–H groups in total. The summed E-state index contributed by atoms with van der Waals surface area (Å²) in [6, 6.07) is 0. The summed E-state index contributed by atoms with van der Waals surface area (Å²) in [6.45, 7) is 0. The van der Waals surface area contributed by atoms with Crippen LogP contribution in [0.4, 0.5) is 4.79 Å². The summed E-state index contributed by atoms with van der Waals surface area (Å²) in [5.74, 6) is 0. The minimum atomic E-state index is -1.83. The maximum atomic E-state index is 8.56. The Balaban J connectivity index is 0. The van der Waals surface area contributed by atoms with Gasteiger partial charge in [-0.2, -0.15) is 0 Å². The van der Waals surface area contributed by atoms with Crippen molar-refractivity contribution in [2.24, 2.45) is 0 Å². The molecule has 0 heterocycles. The van der Waals surface area contributed by atoms with Crippen molar-refractivity contribution in [1.29, 1.82) is 0 Å². The molecule has 0 aliphatic heterocycles. The Kier molecular flexibility index (Phi) is 7.11. The highest BCUT2D eigenvalue weighted by atomic mass is 127. The normalized spacial score (nSPS) is 4.80. The van der Waals surface area contributed by atoms with E-state index in [9.17, 15) is 0 Å². The molecule has 0 atom stereocenters. The first-order valence-corrected chi connectivity index (χ1v) is 0.651. The van der Waals surface area contributed by atoms with Crippen molar-refractivity contribution < 1.29 is 15.0 Å². The zero-order chi connectivity index (χ0) is 3.58. The highest BCUT2D eigenvalue weighted by Crippen LogP contribution is 1.42. The van der Waals surface area contributed by atoms with Gasteiger partial charge in [-0.15, -0.1) is 24.0 Å². The quantitative estimate of drug-likeness (QED) is 0.556. The molecule has 0 aromatic heterocycles. The summed E-state index contributed by atoms with van der Waals surface area (Å²) in [6.07, 6.45) is -1.83. The van der Waals surface area contributed by atoms with Gasteiger partial charge in [0.2, 0.25) is 0 Å². The van der Waals surface area contributed by atoms with Gasteiger partial charge in [0.05, 0.1) is 0 Å². The van der Waals surface area contributed by atoms with E-state index in [0.29, 0.717) is 0 Å². The van der Waals surface area contributed by atoms with Crippen LogP contribution in [-0.4, -0.2) is 16.4 Å². The van der Waals surface area contributed by atoms with E-state index in [2.05, 4.69) is 0 Å². The van der Waals surface area contributed by atoms with Crippen LogP contribution in [0.1, 0.15) is 0 Å². The molecule has 0 aliphatic carbocycles. The number of rotatable bonds is 0. The smallest absolute Gasteiger partial charge is 0.450 e. The number of carboxylic acid groups (broad SMARTS) is 2. The van der Waals surface area contributed by atoms with Crippen molar-refractivity contribution >= 4 is 30.1 Å². The van der Waals surface area contributed by atoms with Crippen molar-refractivity contribution in [1.82, 2.24) is 0 Å². The second-order valence-electron chi connectivity index (χ2n) is 0.283. The largest absolute Gasteiger partial charge is 0.503 e. The molecule has 0 radical (unpaired) electrons. The van der Waals surface area contributed by atoms with Crippen LogP contribution >= 0.6 is 24.0 Å². The molecule has 0 spiro atoms. The van der Waals surface area contributed by atoms with Gasteiger partial charge in [-0.25, -0.2) is 4.79 Å². The van der Waals surface area contributed by atoms with Crippen LogP contribution in [0.25, 0.3) is 0 Å². The zero-order valence-corrected chi connectivity index (χ0v) is 4.54. The fraction of sp³-hybridized carbons (Fsp3) is 0. The second-order valence-corrected chi connectivity index (χ2v) is 0.283. The first kappa shape index (κ1) is 8.89. The number of hydrogen-bond donors (Lipinski definition) is 2. The van der Waals surface area contributed by atoms with Crippen molar-refractivity contribution in [3.05, 3.63) is 0 Å². The van der Waals surface area contributed by atoms with Crippen molar-refractivity contribution in [2.45, 2.75) is 0 Å². The number of halogens is 1. The predicted octanol–water partition coefficient (Wildman–Crippen LogP) is 0.840. The molecule has 0 saturated carbocycles. The lowest BCUT2D eigenvalue weighted by atomic mass is 11.5. The molecule has 4 heteroatoms. The van der Waals surface area contributed by atoms with Gasteiger partial charge in [0.25, 0.3) is 0 Å². The van der Waals surface area contributed by atoms with Crippen molar-refractivity contribution in [3.63, 3.8) is 0 Å². The van der Waals surface area contributed by atoms with E-state index in [4.69, 9.17) is 15.0 Å². The zero-order valence-electron chi connectivity index (χ0n) is 2.21. The standard InChI is InChI=1S/CH2O3.HI/c2-1(3)4;/h(H2,2,3,4);1H. The Bertz CT molecular complexity index is 29.9. The highest BCUT2D eigenvalue weighted by Gasteiger charge is 1.70. The third kappa shape index (κ3) is 0. The molecular weight excluding hydrogens is 187 g/mol. The summed E-state index contributed by atoms with van der Waals surface area (Å²) < 4.78 is 0. The maximum absolute atomic E-state index is 8.56. The Morgan fingerprint density at radius 1 is 1.40 bits per heavy atom. The monoisotopic (exact) mass is 190 g/mol. The lowest BCUT2D eigenvalue weighted by molar-refractivity contribution is 0.137. The fourth-order valence-corrected chi connectivity index (χ4v) is 0. The molecule has 0 aliphatic rings. The Morgan fingerprint density at radius 3 is 1.40 bits per heavy atom. The van der Waals surface area contributed by atoms with Crippen LogP contribution in [0.2, 0.25) is 0 Å².